The molecule has 0 saturated carbocycles. The predicted octanol–water partition coefficient (Wildman–Crippen LogP) is 2.12. The summed E-state index contributed by atoms with van der Waals surface area (Å²) in [6.45, 7) is 5.23. The number of amides is 1. The molecule has 1 unspecified atom stereocenters. The predicted molar refractivity (Wildman–Crippen MR) is 72.9 cm³/mol. The summed E-state index contributed by atoms with van der Waals surface area (Å²) in [5.74, 6) is 0.125. The lowest BCUT2D eigenvalue weighted by Crippen LogP contribution is -2.40. The van der Waals surface area contributed by atoms with Gasteiger partial charge in [-0.15, -0.1) is 0 Å². The molecule has 6 heteroatoms. The van der Waals surface area contributed by atoms with Gasteiger partial charge in [-0.3, -0.25) is 4.79 Å². The second-order valence-corrected chi connectivity index (χ2v) is 6.09. The van der Waals surface area contributed by atoms with E-state index in [9.17, 15) is 9.59 Å². The minimum absolute atomic E-state index is 0.0882. The van der Waals surface area contributed by atoms with E-state index in [4.69, 9.17) is 9.52 Å². The Kier molecular flexibility index (Phi) is 4.19. The average Bonchev–Trinajstić information content (AvgIpc) is 2.82. The zero-order valence-electron chi connectivity index (χ0n) is 11.0. The highest BCUT2D eigenvalue weighted by molar-refractivity contribution is 7.99. The fourth-order valence-corrected chi connectivity index (χ4v) is 3.15. The number of carboxylic acid groups (broad SMARTS) is 1. The zero-order chi connectivity index (χ0) is 14.0. The summed E-state index contributed by atoms with van der Waals surface area (Å²) in [5, 5.41) is 9.46. The Hall–Kier alpha value is -1.43. The molecular formula is C13H17NO4S. The zero-order valence-corrected chi connectivity index (χ0v) is 11.8. The number of carbonyl (C=O) groups excluding carboxylic acids is 1. The quantitative estimate of drug-likeness (QED) is 0.920. The van der Waals surface area contributed by atoms with Crippen LogP contribution in [0, 0.1) is 0 Å². The monoisotopic (exact) mass is 283 g/mol. The molecule has 0 spiro atoms. The van der Waals surface area contributed by atoms with Gasteiger partial charge in [0.1, 0.15) is 11.3 Å². The van der Waals surface area contributed by atoms with Crippen molar-refractivity contribution in [3.05, 3.63) is 23.2 Å². The maximum absolute atomic E-state index is 12.3. The van der Waals surface area contributed by atoms with Crippen molar-refractivity contribution in [3.63, 3.8) is 0 Å². The molecule has 19 heavy (non-hydrogen) atoms. The molecule has 1 aliphatic rings. The second-order valence-electron chi connectivity index (χ2n) is 4.54. The summed E-state index contributed by atoms with van der Waals surface area (Å²) in [7, 11) is 0. The Morgan fingerprint density at radius 1 is 1.58 bits per heavy atom. The van der Waals surface area contributed by atoms with Gasteiger partial charge in [0, 0.05) is 36.6 Å². The van der Waals surface area contributed by atoms with Gasteiger partial charge < -0.3 is 14.4 Å². The number of furan rings is 1. The largest absolute Gasteiger partial charge is 0.478 e. The summed E-state index contributed by atoms with van der Waals surface area (Å²) in [4.78, 5) is 25.1. The van der Waals surface area contributed by atoms with Crippen molar-refractivity contribution in [1.29, 1.82) is 0 Å². The van der Waals surface area contributed by atoms with Gasteiger partial charge in [-0.1, -0.05) is 13.8 Å². The first kappa shape index (κ1) is 14.0. The van der Waals surface area contributed by atoms with Crippen molar-refractivity contribution in [2.24, 2.45) is 0 Å². The molecule has 2 rings (SSSR count). The van der Waals surface area contributed by atoms with Crippen LogP contribution in [-0.2, 0) is 6.42 Å². The topological polar surface area (TPSA) is 70.8 Å². The molecule has 104 valence electrons. The first-order chi connectivity index (χ1) is 9.02. The van der Waals surface area contributed by atoms with Gasteiger partial charge in [0.05, 0.1) is 0 Å². The van der Waals surface area contributed by atoms with E-state index in [1.807, 2.05) is 11.8 Å². The molecular weight excluding hydrogens is 266 g/mol. The van der Waals surface area contributed by atoms with Crippen LogP contribution in [0.3, 0.4) is 0 Å². The summed E-state index contributed by atoms with van der Waals surface area (Å²) >= 11 is 1.83. The molecule has 1 aromatic heterocycles. The van der Waals surface area contributed by atoms with Gasteiger partial charge in [-0.25, -0.2) is 4.79 Å². The lowest BCUT2D eigenvalue weighted by Gasteiger charge is -2.29. The molecule has 1 amide bonds. The third-order valence-corrected chi connectivity index (χ3v) is 4.24. The van der Waals surface area contributed by atoms with Crippen LogP contribution >= 0.6 is 11.8 Å². The van der Waals surface area contributed by atoms with Gasteiger partial charge >= 0.3 is 5.97 Å². The fourth-order valence-electron chi connectivity index (χ4n) is 2.14. The lowest BCUT2D eigenvalue weighted by molar-refractivity contribution is 0.0691. The first-order valence-electron chi connectivity index (χ1n) is 6.29. The van der Waals surface area contributed by atoms with Gasteiger partial charge in [0.15, 0.2) is 5.76 Å². The highest BCUT2D eigenvalue weighted by Gasteiger charge is 2.27. The maximum atomic E-state index is 12.3. The molecule has 1 saturated heterocycles. The molecule has 2 heterocycles. The molecule has 5 nitrogen and oxygen atoms in total. The summed E-state index contributed by atoms with van der Waals surface area (Å²) in [5.41, 5.74) is 0.0882. The average molecular weight is 283 g/mol. The van der Waals surface area contributed by atoms with Crippen LogP contribution < -0.4 is 0 Å². The number of rotatable bonds is 3. The van der Waals surface area contributed by atoms with Crippen LogP contribution in [0.4, 0.5) is 0 Å². The lowest BCUT2D eigenvalue weighted by atomic mass is 10.2. The van der Waals surface area contributed by atoms with E-state index in [1.165, 1.54) is 6.07 Å². The summed E-state index contributed by atoms with van der Waals surface area (Å²) < 4.78 is 5.40. The molecule has 0 aromatic carbocycles. The molecule has 1 fully saturated rings. The van der Waals surface area contributed by atoms with E-state index in [0.717, 1.165) is 5.75 Å². The maximum Gasteiger partial charge on any atom is 0.339 e. The van der Waals surface area contributed by atoms with Crippen molar-refractivity contribution in [2.75, 3.05) is 18.8 Å². The number of thioether (sulfide) groups is 1. The van der Waals surface area contributed by atoms with E-state index in [-0.39, 0.29) is 17.2 Å². The summed E-state index contributed by atoms with van der Waals surface area (Å²) in [6, 6.07) is 1.34. The number of hydrogen-bond acceptors (Lipinski definition) is 4. The Morgan fingerprint density at radius 2 is 2.32 bits per heavy atom. The van der Waals surface area contributed by atoms with Crippen molar-refractivity contribution in [2.45, 2.75) is 25.5 Å². The minimum Gasteiger partial charge on any atom is -0.478 e. The molecule has 1 atom stereocenters. The highest BCUT2D eigenvalue weighted by Crippen LogP contribution is 2.22. The Labute approximate surface area is 116 Å². The van der Waals surface area contributed by atoms with Gasteiger partial charge in [0.2, 0.25) is 0 Å². The number of nitrogens with zero attached hydrogens (tertiary/aromatic N) is 1. The Balaban J connectivity index is 2.21. The van der Waals surface area contributed by atoms with Gasteiger partial charge in [-0.2, -0.15) is 11.8 Å². The van der Waals surface area contributed by atoms with Gasteiger partial charge in [-0.05, 0) is 0 Å². The van der Waals surface area contributed by atoms with E-state index in [1.54, 1.807) is 11.8 Å². The smallest absolute Gasteiger partial charge is 0.339 e. The molecule has 0 bridgehead atoms. The van der Waals surface area contributed by atoms with Crippen LogP contribution in [0.1, 0.15) is 40.5 Å². The molecule has 0 radical (unpaired) electrons. The Bertz CT molecular complexity index is 497. The van der Waals surface area contributed by atoms with Gasteiger partial charge in [0.25, 0.3) is 5.91 Å². The number of aryl methyl sites for hydroxylation is 1. The van der Waals surface area contributed by atoms with Crippen LogP contribution in [0.15, 0.2) is 10.5 Å². The number of aromatic carboxylic acids is 1. The van der Waals surface area contributed by atoms with Crippen LogP contribution in [0.25, 0.3) is 0 Å². The second kappa shape index (κ2) is 5.69. The first-order valence-corrected chi connectivity index (χ1v) is 7.34. The standard InChI is InChI=1S/C13H17NO4S/c1-3-10-9(13(16)17)6-11(18-10)12(15)14-4-5-19-8(2)7-14/h6,8H,3-5,7H2,1-2H3,(H,16,17). The van der Waals surface area contributed by atoms with E-state index >= 15 is 0 Å². The highest BCUT2D eigenvalue weighted by atomic mass is 32.2. The van der Waals surface area contributed by atoms with Crippen molar-refractivity contribution < 1.29 is 19.1 Å². The summed E-state index contributed by atoms with van der Waals surface area (Å²) in [6.07, 6.45) is 0.459. The van der Waals surface area contributed by atoms with E-state index in [0.29, 0.717) is 30.5 Å². The van der Waals surface area contributed by atoms with Crippen LogP contribution in [0.2, 0.25) is 0 Å². The van der Waals surface area contributed by atoms with Crippen LogP contribution in [-0.4, -0.2) is 46.0 Å². The van der Waals surface area contributed by atoms with Crippen molar-refractivity contribution >= 4 is 23.6 Å². The third kappa shape index (κ3) is 2.94. The van der Waals surface area contributed by atoms with Crippen molar-refractivity contribution in [3.8, 4) is 0 Å². The SMILES string of the molecule is CCc1oc(C(=O)N2CCSC(C)C2)cc1C(=O)O. The number of carboxylic acids is 1. The van der Waals surface area contributed by atoms with E-state index < -0.39 is 5.97 Å². The van der Waals surface area contributed by atoms with E-state index in [2.05, 4.69) is 6.92 Å². The minimum atomic E-state index is -1.05. The van der Waals surface area contributed by atoms with Crippen molar-refractivity contribution in [1.82, 2.24) is 4.90 Å². The fraction of sp³-hybridized carbons (Fsp3) is 0.538. The number of carbonyl (C=O) groups is 2. The molecule has 0 aliphatic carbocycles. The number of hydrogen-bond donors (Lipinski definition) is 1. The molecule has 1 aliphatic heterocycles. The molecule has 1 aromatic rings. The normalized spacial score (nSPS) is 19.5. The third-order valence-electron chi connectivity index (χ3n) is 3.10. The van der Waals surface area contributed by atoms with Crippen LogP contribution in [0.5, 0.6) is 0 Å². The molecule has 1 N–H and O–H groups in total. The Morgan fingerprint density at radius 3 is 2.84 bits per heavy atom.